The molecule has 30 heavy (non-hydrogen) atoms. The first-order valence-electron chi connectivity index (χ1n) is 10.5. The van der Waals surface area contributed by atoms with Gasteiger partial charge in [-0.1, -0.05) is 6.92 Å². The van der Waals surface area contributed by atoms with Crippen molar-refractivity contribution in [1.82, 2.24) is 19.8 Å². The molecule has 0 spiro atoms. The molecule has 1 aromatic heterocycles. The van der Waals surface area contributed by atoms with Crippen LogP contribution in [0.2, 0.25) is 0 Å². The Kier molecular flexibility index (Phi) is 11.9. The Morgan fingerprint density at radius 3 is 1.90 bits per heavy atom. The van der Waals surface area contributed by atoms with Gasteiger partial charge in [-0.25, -0.2) is 9.97 Å². The fourth-order valence-electron chi connectivity index (χ4n) is 4.52. The van der Waals surface area contributed by atoms with Crippen molar-refractivity contribution in [3.05, 3.63) is 18.0 Å². The van der Waals surface area contributed by atoms with Crippen molar-refractivity contribution in [3.63, 3.8) is 0 Å². The van der Waals surface area contributed by atoms with Gasteiger partial charge in [0.05, 0.1) is 0 Å². The fourth-order valence-corrected chi connectivity index (χ4v) is 4.52. The lowest BCUT2D eigenvalue weighted by atomic mass is 10.0. The Hall–Kier alpha value is -2.26. The van der Waals surface area contributed by atoms with Crippen molar-refractivity contribution in [2.24, 2.45) is 11.8 Å². The number of hydrogen-bond acceptors (Lipinski definition) is 7. The Morgan fingerprint density at radius 2 is 1.47 bits per heavy atom. The zero-order chi connectivity index (χ0) is 22.5. The van der Waals surface area contributed by atoms with Crippen molar-refractivity contribution in [2.45, 2.75) is 57.7 Å². The molecule has 9 nitrogen and oxygen atoms in total. The molecule has 2 saturated carbocycles. The molecule has 0 aliphatic heterocycles. The molecule has 2 unspecified atom stereocenters. The first-order valence-corrected chi connectivity index (χ1v) is 10.5. The van der Waals surface area contributed by atoms with E-state index >= 15 is 0 Å². The predicted octanol–water partition coefficient (Wildman–Crippen LogP) is 2.25. The van der Waals surface area contributed by atoms with Gasteiger partial charge in [-0.15, -0.1) is 0 Å². The highest BCUT2D eigenvalue weighted by atomic mass is 16.3. The van der Waals surface area contributed by atoms with E-state index in [4.69, 9.17) is 19.8 Å². The van der Waals surface area contributed by atoms with E-state index in [2.05, 4.69) is 53.2 Å². The highest BCUT2D eigenvalue weighted by Crippen LogP contribution is 2.46. The molecule has 9 heteroatoms. The van der Waals surface area contributed by atoms with E-state index in [0.717, 1.165) is 49.4 Å². The average Bonchev–Trinajstić information content (AvgIpc) is 3.28. The van der Waals surface area contributed by atoms with Gasteiger partial charge in [-0.3, -0.25) is 14.5 Å². The minimum atomic E-state index is -0.250. The summed E-state index contributed by atoms with van der Waals surface area (Å²) in [5.41, 5.74) is 1.21. The summed E-state index contributed by atoms with van der Waals surface area (Å²) in [5, 5.41) is 17.0. The molecule has 0 bridgehead atoms. The highest BCUT2D eigenvalue weighted by Gasteiger charge is 2.43. The summed E-state index contributed by atoms with van der Waals surface area (Å²) in [6, 6.07) is 1.53. The van der Waals surface area contributed by atoms with E-state index < -0.39 is 0 Å². The van der Waals surface area contributed by atoms with Crippen LogP contribution in [0.3, 0.4) is 0 Å². The molecule has 3 N–H and O–H groups in total. The lowest BCUT2D eigenvalue weighted by molar-refractivity contribution is -0.123. The molecule has 0 radical (unpaired) electrons. The van der Waals surface area contributed by atoms with Crippen LogP contribution in [0.5, 0.6) is 0 Å². The van der Waals surface area contributed by atoms with E-state index in [1.54, 1.807) is 0 Å². The van der Waals surface area contributed by atoms with E-state index in [9.17, 15) is 0 Å². The SMILES string of the molecule is CCCNc1ncc(CN(C)C2C[C@H]3CC(N(C)C)C[C@H]3C2)cn1.O=CO.O=CO. The van der Waals surface area contributed by atoms with Crippen molar-refractivity contribution in [3.8, 4) is 0 Å². The van der Waals surface area contributed by atoms with Gasteiger partial charge in [0, 0.05) is 43.1 Å². The maximum atomic E-state index is 8.36. The summed E-state index contributed by atoms with van der Waals surface area (Å²) in [6.45, 7) is 3.53. The summed E-state index contributed by atoms with van der Waals surface area (Å²) < 4.78 is 0. The number of nitrogens with zero attached hydrogens (tertiary/aromatic N) is 4. The van der Waals surface area contributed by atoms with Crippen molar-refractivity contribution < 1.29 is 19.8 Å². The van der Waals surface area contributed by atoms with E-state index in [1.165, 1.54) is 31.2 Å². The normalized spacial score (nSPS) is 24.3. The van der Waals surface area contributed by atoms with Gasteiger partial charge in [0.15, 0.2) is 0 Å². The van der Waals surface area contributed by atoms with Crippen LogP contribution in [0.1, 0.15) is 44.6 Å². The number of aromatic nitrogens is 2. The number of hydrogen-bond donors (Lipinski definition) is 3. The number of rotatable bonds is 7. The second kappa shape index (κ2) is 13.9. The van der Waals surface area contributed by atoms with E-state index in [1.807, 2.05) is 12.4 Å². The number of nitrogens with one attached hydrogen (secondary N) is 1. The van der Waals surface area contributed by atoms with Crippen LogP contribution in [-0.2, 0) is 16.1 Å². The van der Waals surface area contributed by atoms with Gasteiger partial charge in [0.1, 0.15) is 0 Å². The molecule has 2 fully saturated rings. The van der Waals surface area contributed by atoms with Crippen molar-refractivity contribution >= 4 is 18.9 Å². The summed E-state index contributed by atoms with van der Waals surface area (Å²) in [7, 11) is 6.72. The standard InChI is InChI=1S/C19H33N5.2CH2O2/c1-5-6-20-19-21-11-14(12-22-19)13-24(4)18-9-15-7-17(23(2)3)8-16(15)10-18;2*2-1-3/h11-12,15-18H,5-10,13H2,1-4H3,(H,20,21,22);2*1H,(H,2,3)/t15-,16+,17?,18?;;. The van der Waals surface area contributed by atoms with Crippen LogP contribution >= 0.6 is 0 Å². The zero-order valence-electron chi connectivity index (χ0n) is 18.6. The van der Waals surface area contributed by atoms with Crippen LogP contribution in [0.15, 0.2) is 12.4 Å². The van der Waals surface area contributed by atoms with Crippen molar-refractivity contribution in [1.29, 1.82) is 0 Å². The quantitative estimate of drug-likeness (QED) is 0.567. The largest absolute Gasteiger partial charge is 0.483 e. The van der Waals surface area contributed by atoms with Gasteiger partial charge < -0.3 is 20.4 Å². The number of fused-ring (bicyclic) bond motifs is 1. The maximum Gasteiger partial charge on any atom is 0.290 e. The molecule has 3 rings (SSSR count). The molecular formula is C21H37N5O4. The molecule has 4 atom stereocenters. The Labute approximate surface area is 179 Å². The molecule has 2 aliphatic carbocycles. The number of anilines is 1. The topological polar surface area (TPSA) is 119 Å². The lowest BCUT2D eigenvalue weighted by Gasteiger charge is -2.26. The smallest absolute Gasteiger partial charge is 0.290 e. The fraction of sp³-hybridized carbons (Fsp3) is 0.714. The second-order valence-electron chi connectivity index (χ2n) is 8.20. The monoisotopic (exact) mass is 423 g/mol. The third kappa shape index (κ3) is 8.23. The van der Waals surface area contributed by atoms with Crippen LogP contribution in [0.4, 0.5) is 5.95 Å². The first-order chi connectivity index (χ1) is 14.4. The third-order valence-corrected chi connectivity index (χ3v) is 5.99. The van der Waals surface area contributed by atoms with E-state index in [0.29, 0.717) is 0 Å². The molecule has 1 aromatic rings. The van der Waals surface area contributed by atoms with Gasteiger partial charge in [0.25, 0.3) is 12.9 Å². The van der Waals surface area contributed by atoms with Crippen LogP contribution in [-0.4, -0.2) is 82.7 Å². The highest BCUT2D eigenvalue weighted by molar-refractivity contribution is 5.33. The molecule has 0 amide bonds. The zero-order valence-corrected chi connectivity index (χ0v) is 18.6. The lowest BCUT2D eigenvalue weighted by Crippen LogP contribution is -2.31. The molecule has 170 valence electrons. The molecule has 0 aromatic carbocycles. The minimum absolute atomic E-state index is 0.250. The predicted molar refractivity (Wildman–Crippen MR) is 116 cm³/mol. The van der Waals surface area contributed by atoms with Gasteiger partial charge in [-0.05, 0) is 65.1 Å². The molecule has 2 aliphatic rings. The van der Waals surface area contributed by atoms with Gasteiger partial charge >= 0.3 is 0 Å². The molecule has 0 saturated heterocycles. The average molecular weight is 424 g/mol. The first kappa shape index (κ1) is 25.8. The van der Waals surface area contributed by atoms with E-state index in [-0.39, 0.29) is 12.9 Å². The summed E-state index contributed by atoms with van der Waals surface area (Å²) in [6.07, 6.45) is 10.5. The Balaban J connectivity index is 0.000000672. The maximum absolute atomic E-state index is 8.36. The molecule has 1 heterocycles. The van der Waals surface area contributed by atoms with Crippen molar-refractivity contribution in [2.75, 3.05) is 33.0 Å². The summed E-state index contributed by atoms with van der Waals surface area (Å²) in [5.74, 6) is 2.61. The Bertz CT molecular complexity index is 594. The Morgan fingerprint density at radius 1 is 1.00 bits per heavy atom. The number of carboxylic acid groups (broad SMARTS) is 2. The van der Waals surface area contributed by atoms with Crippen LogP contribution < -0.4 is 5.32 Å². The van der Waals surface area contributed by atoms with Gasteiger partial charge in [0.2, 0.25) is 5.95 Å². The minimum Gasteiger partial charge on any atom is -0.483 e. The number of carbonyl (C=O) groups is 2. The summed E-state index contributed by atoms with van der Waals surface area (Å²) >= 11 is 0. The molecular weight excluding hydrogens is 386 g/mol. The second-order valence-corrected chi connectivity index (χ2v) is 8.20. The van der Waals surface area contributed by atoms with Crippen LogP contribution in [0, 0.1) is 11.8 Å². The summed E-state index contributed by atoms with van der Waals surface area (Å²) in [4.78, 5) is 30.5. The van der Waals surface area contributed by atoms with Gasteiger partial charge in [-0.2, -0.15) is 0 Å². The third-order valence-electron chi connectivity index (χ3n) is 5.99. The van der Waals surface area contributed by atoms with Crippen LogP contribution in [0.25, 0.3) is 0 Å².